The standard InChI is InChI=1S/C24H24FN7O.C14H12FN3S.C14H12FN3.C14H13FN2O2.C13H13FN2O.C8H7FN2.C7H7BrFN.C5H7BrO.CH4.ClH/c1-14(2)32-13-27-30-23(32)19-5-4-6-22(28-19)29-24(33)17-10-21(15(3)9-18(17)25)31-11-20(26-12-31)16-7-8-16;1-8-4-11(15)10(6-16)5-13(8)18-7-12(9-2-3-9)17-14(18)19;1-9-4-12(15)11(6-16)5-14(9)18-7-13(17-8-18)10-2-3-10;1-8-4-11(15)10(14(18)19)5-13(8)17-6-12(16-7-17)9-2-3-9;1-8-4-11(14)10(6-15)5-12(8)16-7-13(17)9-2-3-9;1-5-2-7(9)6(4-10)3-8(5)11;1-4-2-6(9)5(8)3-7(4)10;6-3-5(7)4-1-2-4;;/h4-6,9-14,16H,7-8H2,1-3H3,(H,28,29,33);4-5,7,9H,2-3H2,1H3,(H,17,19);4-5,7-8,10H,2-3H2,1H3;4-7,9H,2-3H2,1H3,(H,18,19);4-5,9,16H,2-3,7H2,1H3;2-3H,11H2,1H3;2-3H,10H2,1H3;4H,1-3H2;1H4;1H. The Balaban J connectivity index is 0.000000166. The van der Waals surface area contributed by atoms with Crippen LogP contribution in [-0.2, 0) is 9.59 Å². The minimum Gasteiger partial charge on any atom is -0.478 e. The third-order valence-corrected chi connectivity index (χ3v) is 24.2. The van der Waals surface area contributed by atoms with Gasteiger partial charge in [0.05, 0.1) is 109 Å². The second kappa shape index (κ2) is 46.5. The van der Waals surface area contributed by atoms with Gasteiger partial charge in [-0.1, -0.05) is 29.4 Å². The Hall–Kier alpha value is -13.7. The number of carbonyl (C=O) groups excluding carboxylic acids is 3. The molecule has 1 amide bonds. The summed E-state index contributed by atoms with van der Waals surface area (Å²) < 4.78 is 104. The summed E-state index contributed by atoms with van der Waals surface area (Å²) >= 11 is 11.4. The van der Waals surface area contributed by atoms with Gasteiger partial charge >= 0.3 is 5.97 Å². The molecule has 8 N–H and O–H groups in total. The van der Waals surface area contributed by atoms with Crippen molar-refractivity contribution in [1.29, 1.82) is 21.0 Å². The van der Waals surface area contributed by atoms with Gasteiger partial charge in [0.1, 0.15) is 88.6 Å². The average molecular weight is 2020 g/mol. The van der Waals surface area contributed by atoms with E-state index in [0.717, 1.165) is 108 Å². The molecule has 6 aliphatic rings. The highest BCUT2D eigenvalue weighted by Crippen LogP contribution is 2.43. The van der Waals surface area contributed by atoms with E-state index in [1.165, 1.54) is 86.3 Å². The first-order valence-electron chi connectivity index (χ1n) is 43.1. The molecule has 6 aliphatic carbocycles. The van der Waals surface area contributed by atoms with Gasteiger partial charge in [-0.15, -0.1) is 22.6 Å². The van der Waals surface area contributed by atoms with E-state index >= 15 is 0 Å². The Labute approximate surface area is 810 Å². The summed E-state index contributed by atoms with van der Waals surface area (Å²) in [5.74, 6) is -1.13. The number of nitrogens with zero attached hydrogens (tertiary/aromatic N) is 15. The Morgan fingerprint density at radius 2 is 0.934 bits per heavy atom. The topological polar surface area (TPSA) is 378 Å². The third kappa shape index (κ3) is 27.3. The van der Waals surface area contributed by atoms with E-state index in [9.17, 15) is 49.9 Å². The molecule has 0 atom stereocenters. The maximum atomic E-state index is 14.8. The van der Waals surface area contributed by atoms with Gasteiger partial charge < -0.3 is 50.5 Å². The normalized spacial score (nSPS) is 13.5. The van der Waals surface area contributed by atoms with Crippen LogP contribution in [0.4, 0.5) is 53.6 Å². The minimum atomic E-state index is -1.26. The number of halogens is 10. The van der Waals surface area contributed by atoms with Crippen LogP contribution in [0.25, 0.3) is 34.3 Å². The monoisotopic (exact) mass is 2020 g/mol. The number of nitriles is 4. The summed E-state index contributed by atoms with van der Waals surface area (Å²) in [6.45, 7) is 16.7. The number of carbonyl (C=O) groups is 4. The van der Waals surface area contributed by atoms with Crippen molar-refractivity contribution in [1.82, 2.24) is 58.0 Å². The number of Topliss-reactive ketones (excluding diaryl/α,β-unsaturated/α-hetero) is 2. The Morgan fingerprint density at radius 1 is 0.522 bits per heavy atom. The largest absolute Gasteiger partial charge is 0.478 e. The molecule has 19 rings (SSSR count). The molecule has 36 heteroatoms. The molecule has 7 aromatic carbocycles. The summed E-state index contributed by atoms with van der Waals surface area (Å²) in [5, 5.41) is 58.2. The maximum absolute atomic E-state index is 14.8. The molecule has 0 aliphatic heterocycles. The fourth-order valence-electron chi connectivity index (χ4n) is 13.9. The predicted molar refractivity (Wildman–Crippen MR) is 517 cm³/mol. The molecule has 6 saturated carbocycles. The molecule has 0 unspecified atom stereocenters. The van der Waals surface area contributed by atoms with Crippen molar-refractivity contribution in [2.45, 2.75) is 177 Å². The summed E-state index contributed by atoms with van der Waals surface area (Å²) in [4.78, 5) is 66.8. The predicted octanol–water partition coefficient (Wildman–Crippen LogP) is 23.3. The van der Waals surface area contributed by atoms with Crippen LogP contribution in [0.5, 0.6) is 0 Å². The van der Waals surface area contributed by atoms with E-state index in [-0.39, 0.29) is 83.3 Å². The molecule has 25 nitrogen and oxygen atoms in total. The number of nitrogens with two attached hydrogens (primary N) is 2. The number of carboxylic acids is 1. The summed E-state index contributed by atoms with van der Waals surface area (Å²) in [7, 11) is 0. The van der Waals surface area contributed by atoms with Crippen LogP contribution in [0.15, 0.2) is 158 Å². The number of aromatic carboxylic acids is 1. The molecule has 0 bridgehead atoms. The lowest BCUT2D eigenvalue weighted by molar-refractivity contribution is -0.119. The lowest BCUT2D eigenvalue weighted by Gasteiger charge is -2.12. The van der Waals surface area contributed by atoms with Crippen LogP contribution < -0.4 is 22.1 Å². The molecule has 0 saturated heterocycles. The first-order valence-corrected chi connectivity index (χ1v) is 45.4. The van der Waals surface area contributed by atoms with Gasteiger partial charge in [0, 0.05) is 89.1 Å². The van der Waals surface area contributed by atoms with E-state index < -0.39 is 46.8 Å². The first kappa shape index (κ1) is 104. The van der Waals surface area contributed by atoms with E-state index in [4.69, 9.17) is 49.8 Å². The molecule has 136 heavy (non-hydrogen) atoms. The van der Waals surface area contributed by atoms with Gasteiger partial charge in [0.2, 0.25) is 0 Å². The lowest BCUT2D eigenvalue weighted by Crippen LogP contribution is -2.16. The van der Waals surface area contributed by atoms with Gasteiger partial charge in [-0.2, -0.15) is 21.0 Å². The van der Waals surface area contributed by atoms with E-state index in [1.54, 1.807) is 112 Å². The van der Waals surface area contributed by atoms with Crippen LogP contribution in [0, 0.1) is 151 Å². The second-order valence-corrected chi connectivity index (χ2v) is 35.6. The van der Waals surface area contributed by atoms with Crippen molar-refractivity contribution in [3.05, 3.63) is 298 Å². The number of aromatic nitrogens is 12. The number of hydrogen-bond acceptors (Lipinski definition) is 18. The number of H-pyrrole nitrogens is 1. The number of benzene rings is 7. The number of nitrogens with one attached hydrogen (secondary N) is 3. The van der Waals surface area contributed by atoms with Crippen molar-refractivity contribution >= 4 is 103 Å². The van der Waals surface area contributed by atoms with Crippen molar-refractivity contribution in [2.75, 3.05) is 34.0 Å². The zero-order valence-corrected chi connectivity index (χ0v) is 79.8. The number of pyridine rings is 1. The minimum absolute atomic E-state index is 0. The Bertz CT molecular complexity index is 6800. The van der Waals surface area contributed by atoms with Crippen LogP contribution in [-0.4, -0.2) is 98.4 Å². The molecular formula is C100H100Br2ClF7N20O5S. The summed E-state index contributed by atoms with van der Waals surface area (Å²) in [5.41, 5.74) is 25.2. The SMILES string of the molecule is C.Cc1cc(F)c(Br)cc1N.Cc1cc(F)c(C#N)cc1-n1cc(C2CC2)[nH]c1=S.Cc1cc(F)c(C#N)cc1-n1cnc(C2CC2)c1.Cc1cc(F)c(C#N)cc1N.Cc1cc(F)c(C#N)cc1NCC(=O)C1CC1.Cc1cc(F)c(C(=O)Nc2cccc(-c3nncn3C(C)C)n2)cc1-n1cnc(C2CC2)c1.Cc1cc(F)c(C(=O)O)cc1-n1cnc(C2CC2)c1.Cl.O=C(CBr)C1CC1. The molecule has 0 spiro atoms. The average Bonchev–Trinajstić information content (AvgIpc) is 1.68. The number of hydrogen-bond donors (Lipinski definition) is 6. The van der Waals surface area contributed by atoms with Gasteiger partial charge in [0.25, 0.3) is 5.91 Å². The number of carboxylic acid groups (broad SMARTS) is 1. The highest BCUT2D eigenvalue weighted by molar-refractivity contribution is 9.10. The van der Waals surface area contributed by atoms with E-state index in [1.807, 2.05) is 89.8 Å². The zero-order valence-electron chi connectivity index (χ0n) is 75.0. The second-order valence-electron chi connectivity index (χ2n) is 33.8. The zero-order chi connectivity index (χ0) is 96.8. The number of aryl methyl sites for hydroxylation is 7. The highest BCUT2D eigenvalue weighted by Gasteiger charge is 2.33. The first-order chi connectivity index (χ1) is 64.0. The molecule has 6 heterocycles. The number of rotatable bonds is 19. The Kier molecular flexibility index (Phi) is 35.7. The number of alkyl halides is 1. The molecule has 6 fully saturated rings. The van der Waals surface area contributed by atoms with Gasteiger partial charge in [0.15, 0.2) is 16.4 Å². The third-order valence-electron chi connectivity index (χ3n) is 22.7. The van der Waals surface area contributed by atoms with Crippen molar-refractivity contribution in [2.24, 2.45) is 11.8 Å². The number of nitrogen functional groups attached to an aromatic ring is 2. The van der Waals surface area contributed by atoms with Gasteiger partial charge in [-0.05, 0) is 304 Å². The Morgan fingerprint density at radius 3 is 1.38 bits per heavy atom. The fourth-order valence-corrected chi connectivity index (χ4v) is 15.0. The van der Waals surface area contributed by atoms with E-state index in [2.05, 4.69) is 77.6 Å². The smallest absolute Gasteiger partial charge is 0.338 e. The quantitative estimate of drug-likeness (QED) is 0.0189. The molecule has 706 valence electrons. The van der Waals surface area contributed by atoms with Crippen molar-refractivity contribution in [3.63, 3.8) is 0 Å². The van der Waals surface area contributed by atoms with Crippen LogP contribution in [0.1, 0.15) is 233 Å². The number of ketones is 2. The molecule has 0 radical (unpaired) electrons. The molecular weight excluding hydrogens is 1920 g/mol. The molecule has 6 aromatic heterocycles. The van der Waals surface area contributed by atoms with Crippen LogP contribution in [0.3, 0.4) is 0 Å². The van der Waals surface area contributed by atoms with Crippen LogP contribution >= 0.6 is 56.5 Å². The number of anilines is 4. The highest BCUT2D eigenvalue weighted by atomic mass is 79.9. The molecule has 13 aromatic rings. The van der Waals surface area contributed by atoms with Crippen molar-refractivity contribution < 1.29 is 55.0 Å². The van der Waals surface area contributed by atoms with Gasteiger partial charge in [-0.3, -0.25) is 19.0 Å². The number of amides is 1. The van der Waals surface area contributed by atoms with Crippen LogP contribution in [0.2, 0.25) is 0 Å². The number of aromatic amines is 1. The van der Waals surface area contributed by atoms with Gasteiger partial charge in [-0.25, -0.2) is 55.5 Å². The van der Waals surface area contributed by atoms with Crippen molar-refractivity contribution in [3.8, 4) is 58.5 Å². The summed E-state index contributed by atoms with van der Waals surface area (Å²) in [6.07, 6.45) is 28.1. The number of imidazole rings is 4. The fraction of sp³-hybridized carbons (Fsp3) is 0.310. The maximum Gasteiger partial charge on any atom is 0.338 e. The summed E-state index contributed by atoms with van der Waals surface area (Å²) in [6, 6.07) is 32.3. The van der Waals surface area contributed by atoms with E-state index in [0.29, 0.717) is 112 Å². The lowest BCUT2D eigenvalue weighted by atomic mass is 10.1.